The van der Waals surface area contributed by atoms with Crippen molar-refractivity contribution in [3.63, 3.8) is 0 Å². The van der Waals surface area contributed by atoms with Gasteiger partial charge in [-0.1, -0.05) is 71.9 Å². The molecule has 0 aromatic heterocycles. The van der Waals surface area contributed by atoms with Gasteiger partial charge >= 0.3 is 0 Å². The second-order valence-corrected chi connectivity index (χ2v) is 11.7. The van der Waals surface area contributed by atoms with Crippen LogP contribution in [0, 0.1) is 17.8 Å². The highest BCUT2D eigenvalue weighted by Crippen LogP contribution is 2.31. The van der Waals surface area contributed by atoms with E-state index in [1.54, 1.807) is 0 Å². The zero-order chi connectivity index (χ0) is 25.7. The van der Waals surface area contributed by atoms with E-state index in [1.807, 2.05) is 45.0 Å². The Bertz CT molecular complexity index is 867. The van der Waals surface area contributed by atoms with Crippen molar-refractivity contribution >= 4 is 17.7 Å². The normalized spacial score (nSPS) is 23.0. The molecule has 35 heavy (non-hydrogen) atoms. The molecular formula is C29H45N3O3. The SMILES string of the molecule is CC(C)CCC(=O)N1C[C@H]2CN(CCC(C)C)C(=O)[C@H](CC(C)C)N2C(=O)[C@@H]1Cc1ccccc1. The van der Waals surface area contributed by atoms with Gasteiger partial charge in [-0.3, -0.25) is 14.4 Å². The predicted octanol–water partition coefficient (Wildman–Crippen LogP) is 4.38. The lowest BCUT2D eigenvalue weighted by Crippen LogP contribution is -2.73. The summed E-state index contributed by atoms with van der Waals surface area (Å²) < 4.78 is 0. The van der Waals surface area contributed by atoms with Gasteiger partial charge in [-0.15, -0.1) is 0 Å². The van der Waals surface area contributed by atoms with E-state index in [1.165, 1.54) is 0 Å². The number of amides is 3. The maximum Gasteiger partial charge on any atom is 0.246 e. The van der Waals surface area contributed by atoms with E-state index >= 15 is 0 Å². The molecule has 2 heterocycles. The maximum atomic E-state index is 14.1. The van der Waals surface area contributed by atoms with Crippen molar-refractivity contribution < 1.29 is 14.4 Å². The Balaban J connectivity index is 1.93. The third-order valence-corrected chi connectivity index (χ3v) is 7.28. The summed E-state index contributed by atoms with van der Waals surface area (Å²) in [5.41, 5.74) is 1.04. The average molecular weight is 484 g/mol. The summed E-state index contributed by atoms with van der Waals surface area (Å²) in [6.07, 6.45) is 3.34. The number of nitrogens with zero attached hydrogens (tertiary/aromatic N) is 3. The minimum absolute atomic E-state index is 0.0543. The Morgan fingerprint density at radius 2 is 1.51 bits per heavy atom. The van der Waals surface area contributed by atoms with Gasteiger partial charge in [0.05, 0.1) is 6.04 Å². The second-order valence-electron chi connectivity index (χ2n) is 11.7. The third kappa shape index (κ3) is 6.86. The molecule has 2 aliphatic rings. The molecule has 0 saturated carbocycles. The number of carbonyl (C=O) groups is 3. The van der Waals surface area contributed by atoms with Crippen LogP contribution in [0.3, 0.4) is 0 Å². The molecule has 0 spiro atoms. The van der Waals surface area contributed by atoms with Gasteiger partial charge in [-0.25, -0.2) is 0 Å². The summed E-state index contributed by atoms with van der Waals surface area (Å²) in [6.45, 7) is 14.5. The molecule has 0 radical (unpaired) electrons. The lowest BCUT2D eigenvalue weighted by Gasteiger charge is -2.53. The van der Waals surface area contributed by atoms with Gasteiger partial charge in [0.2, 0.25) is 17.7 Å². The van der Waals surface area contributed by atoms with E-state index in [4.69, 9.17) is 0 Å². The molecule has 1 aromatic carbocycles. The Hall–Kier alpha value is -2.37. The molecule has 2 saturated heterocycles. The fraction of sp³-hybridized carbons (Fsp3) is 0.690. The quantitative estimate of drug-likeness (QED) is 0.496. The first-order valence-corrected chi connectivity index (χ1v) is 13.5. The number of fused-ring (bicyclic) bond motifs is 1. The molecule has 6 heteroatoms. The van der Waals surface area contributed by atoms with E-state index < -0.39 is 12.1 Å². The molecule has 3 rings (SSSR count). The Labute approximate surface area is 212 Å². The Morgan fingerprint density at radius 3 is 2.11 bits per heavy atom. The van der Waals surface area contributed by atoms with Gasteiger partial charge in [0.15, 0.2) is 0 Å². The van der Waals surface area contributed by atoms with Crippen molar-refractivity contribution in [1.82, 2.24) is 14.7 Å². The largest absolute Gasteiger partial charge is 0.339 e. The van der Waals surface area contributed by atoms with Crippen molar-refractivity contribution in [2.24, 2.45) is 17.8 Å². The molecule has 3 atom stereocenters. The van der Waals surface area contributed by atoms with Crippen LogP contribution in [0.1, 0.15) is 72.8 Å². The maximum absolute atomic E-state index is 14.1. The second kappa shape index (κ2) is 12.0. The molecule has 194 valence electrons. The highest BCUT2D eigenvalue weighted by atomic mass is 16.2. The number of hydrogen-bond acceptors (Lipinski definition) is 3. The monoisotopic (exact) mass is 483 g/mol. The fourth-order valence-corrected chi connectivity index (χ4v) is 5.30. The first-order valence-electron chi connectivity index (χ1n) is 13.5. The molecule has 0 N–H and O–H groups in total. The summed E-state index contributed by atoms with van der Waals surface area (Å²) in [6, 6.07) is 8.77. The summed E-state index contributed by atoms with van der Waals surface area (Å²) >= 11 is 0. The zero-order valence-corrected chi connectivity index (χ0v) is 22.6. The van der Waals surface area contributed by atoms with Gasteiger partial charge in [0.25, 0.3) is 0 Å². The lowest BCUT2D eigenvalue weighted by molar-refractivity contribution is -0.170. The van der Waals surface area contributed by atoms with Crippen molar-refractivity contribution in [3.8, 4) is 0 Å². The molecule has 6 nitrogen and oxygen atoms in total. The van der Waals surface area contributed by atoms with Crippen molar-refractivity contribution in [3.05, 3.63) is 35.9 Å². The van der Waals surface area contributed by atoms with E-state index in [9.17, 15) is 14.4 Å². The summed E-state index contributed by atoms with van der Waals surface area (Å²) in [5, 5.41) is 0. The molecule has 1 aromatic rings. The van der Waals surface area contributed by atoms with Gasteiger partial charge < -0.3 is 14.7 Å². The highest BCUT2D eigenvalue weighted by Gasteiger charge is 2.50. The summed E-state index contributed by atoms with van der Waals surface area (Å²) in [5.74, 6) is 1.28. The van der Waals surface area contributed by atoms with Crippen molar-refractivity contribution in [2.75, 3.05) is 19.6 Å². The van der Waals surface area contributed by atoms with Crippen LogP contribution in [-0.2, 0) is 20.8 Å². The van der Waals surface area contributed by atoms with Crippen LogP contribution in [-0.4, -0.2) is 70.2 Å². The van der Waals surface area contributed by atoms with Gasteiger partial charge in [0.1, 0.15) is 12.1 Å². The van der Waals surface area contributed by atoms with Gasteiger partial charge in [-0.05, 0) is 42.6 Å². The number of carbonyl (C=O) groups excluding carboxylic acids is 3. The molecule has 2 fully saturated rings. The van der Waals surface area contributed by atoms with Gasteiger partial charge in [0, 0.05) is 32.5 Å². The summed E-state index contributed by atoms with van der Waals surface area (Å²) in [7, 11) is 0. The van der Waals surface area contributed by atoms with E-state index in [0.717, 1.165) is 18.4 Å². The highest BCUT2D eigenvalue weighted by molar-refractivity contribution is 5.94. The molecule has 0 aliphatic carbocycles. The van der Waals surface area contributed by atoms with Crippen molar-refractivity contribution in [2.45, 2.75) is 91.8 Å². The van der Waals surface area contributed by atoms with Gasteiger partial charge in [-0.2, -0.15) is 0 Å². The number of piperazine rings is 2. The Morgan fingerprint density at radius 1 is 0.857 bits per heavy atom. The molecule has 0 unspecified atom stereocenters. The number of rotatable bonds is 10. The predicted molar refractivity (Wildman–Crippen MR) is 140 cm³/mol. The lowest BCUT2D eigenvalue weighted by atomic mass is 9.90. The first kappa shape index (κ1) is 27.2. The zero-order valence-electron chi connectivity index (χ0n) is 22.6. The third-order valence-electron chi connectivity index (χ3n) is 7.28. The van der Waals surface area contributed by atoms with Crippen molar-refractivity contribution in [1.29, 1.82) is 0 Å². The molecular weight excluding hydrogens is 438 g/mol. The minimum atomic E-state index is -0.557. The minimum Gasteiger partial charge on any atom is -0.339 e. The van der Waals surface area contributed by atoms with Crippen LogP contribution in [0.4, 0.5) is 0 Å². The summed E-state index contributed by atoms with van der Waals surface area (Å²) in [4.78, 5) is 46.7. The average Bonchev–Trinajstić information content (AvgIpc) is 2.80. The molecule has 2 aliphatic heterocycles. The number of hydrogen-bond donors (Lipinski definition) is 0. The van der Waals surface area contributed by atoms with Crippen LogP contribution in [0.15, 0.2) is 30.3 Å². The topological polar surface area (TPSA) is 60.9 Å². The van der Waals surface area contributed by atoms with Crippen LogP contribution in [0.5, 0.6) is 0 Å². The van der Waals surface area contributed by atoms with E-state index in [2.05, 4.69) is 41.5 Å². The fourth-order valence-electron chi connectivity index (χ4n) is 5.30. The van der Waals surface area contributed by atoms with Crippen LogP contribution in [0.2, 0.25) is 0 Å². The van der Waals surface area contributed by atoms with Crippen LogP contribution >= 0.6 is 0 Å². The smallest absolute Gasteiger partial charge is 0.246 e. The number of benzene rings is 1. The van der Waals surface area contributed by atoms with E-state index in [0.29, 0.717) is 56.7 Å². The molecule has 3 amide bonds. The molecule has 0 bridgehead atoms. The first-order chi connectivity index (χ1) is 16.6. The Kier molecular flexibility index (Phi) is 9.37. The van der Waals surface area contributed by atoms with E-state index in [-0.39, 0.29) is 23.8 Å². The standard InChI is InChI=1S/C29H45N3O3/c1-20(2)12-13-27(33)31-19-24-18-30(15-14-21(3)4)28(34)26(16-22(5)6)32(24)29(35)25(31)17-23-10-8-7-9-11-23/h7-11,20-22,24-26H,12-19H2,1-6H3/t24-,25+,26+/m1/s1. The van der Waals surface area contributed by atoms with Crippen LogP contribution in [0.25, 0.3) is 0 Å². The van der Waals surface area contributed by atoms with Crippen LogP contribution < -0.4 is 0 Å².